The first-order valence-electron chi connectivity index (χ1n) is 14.0. The van der Waals surface area contributed by atoms with Gasteiger partial charge in [-0.05, 0) is 66.1 Å². The minimum Gasteiger partial charge on any atom is -0.394 e. The number of carbonyl (C=O) groups excluding carboxylic acids is 1. The number of aliphatic hydroxyl groups is 1. The van der Waals surface area contributed by atoms with Crippen molar-refractivity contribution >= 4 is 21.4 Å². The maximum atomic E-state index is 13.0. The van der Waals surface area contributed by atoms with Crippen molar-refractivity contribution in [3.63, 3.8) is 0 Å². The smallest absolute Gasteiger partial charge is 0.394 e. The molecule has 0 bridgehead atoms. The molecule has 1 amide bonds. The summed E-state index contributed by atoms with van der Waals surface area (Å²) in [5.41, 5.74) is 1.40. The zero-order valence-electron chi connectivity index (χ0n) is 23.8. The summed E-state index contributed by atoms with van der Waals surface area (Å²) in [6, 6.07) is 16.2. The highest BCUT2D eigenvalue weighted by Crippen LogP contribution is 2.37. The number of halogens is 5. The Bertz CT molecular complexity index is 1500. The van der Waals surface area contributed by atoms with Crippen LogP contribution in [0.4, 0.5) is 27.6 Å². The number of amides is 1. The van der Waals surface area contributed by atoms with Gasteiger partial charge in [-0.15, -0.1) is 0 Å². The minimum atomic E-state index is -4.46. The molecule has 3 aromatic carbocycles. The van der Waals surface area contributed by atoms with Crippen molar-refractivity contribution < 1.29 is 45.0 Å². The second-order valence-corrected chi connectivity index (χ2v) is 12.8. The standard InChI is InChI=1S/C31H33F5N2O5S/c1-2-44(41,42)27-13-7-21(8-14-27)28(17-39)37-30(40)22-5-11-25(12-6-22)38-16-23(15-26(38)18-43-19-29(32)33)20-3-9-24(10-4-20)31(34,35)36/h3-14,23,26,28-29,39H,2,15-19H2,1H3,(H,37,40)/t23?,26-,28-/m0/s1. The fourth-order valence-electron chi connectivity index (χ4n) is 5.22. The zero-order chi connectivity index (χ0) is 32.1. The van der Waals surface area contributed by atoms with Crippen molar-refractivity contribution in [3.05, 3.63) is 95.1 Å². The average Bonchev–Trinajstić information content (AvgIpc) is 3.43. The second-order valence-electron chi connectivity index (χ2n) is 10.5. The van der Waals surface area contributed by atoms with Crippen molar-refractivity contribution in [2.24, 2.45) is 0 Å². The van der Waals surface area contributed by atoms with E-state index in [4.69, 9.17) is 4.74 Å². The Morgan fingerprint density at radius 2 is 1.66 bits per heavy atom. The van der Waals surface area contributed by atoms with Crippen LogP contribution >= 0.6 is 0 Å². The Kier molecular flexibility index (Phi) is 10.6. The summed E-state index contributed by atoms with van der Waals surface area (Å²) in [7, 11) is -3.40. The molecule has 1 saturated heterocycles. The Labute approximate surface area is 252 Å². The van der Waals surface area contributed by atoms with E-state index in [2.05, 4.69) is 5.32 Å². The third kappa shape index (κ3) is 8.13. The minimum absolute atomic E-state index is 0.0137. The molecule has 0 aromatic heterocycles. The molecule has 13 heteroatoms. The molecular weight excluding hydrogens is 607 g/mol. The molecule has 7 nitrogen and oxygen atoms in total. The van der Waals surface area contributed by atoms with Gasteiger partial charge in [-0.1, -0.05) is 31.2 Å². The van der Waals surface area contributed by atoms with Crippen LogP contribution < -0.4 is 10.2 Å². The van der Waals surface area contributed by atoms with Crippen LogP contribution in [-0.2, 0) is 20.8 Å². The lowest BCUT2D eigenvalue weighted by Crippen LogP contribution is -2.34. The van der Waals surface area contributed by atoms with Gasteiger partial charge in [-0.3, -0.25) is 4.79 Å². The highest BCUT2D eigenvalue weighted by molar-refractivity contribution is 7.91. The van der Waals surface area contributed by atoms with Crippen LogP contribution in [0.5, 0.6) is 0 Å². The Hall–Kier alpha value is -3.55. The van der Waals surface area contributed by atoms with Gasteiger partial charge in [0.2, 0.25) is 0 Å². The van der Waals surface area contributed by atoms with Crippen molar-refractivity contribution in [2.45, 2.75) is 48.8 Å². The molecule has 4 rings (SSSR count). The van der Waals surface area contributed by atoms with Gasteiger partial charge in [0.25, 0.3) is 12.3 Å². The van der Waals surface area contributed by atoms with Gasteiger partial charge in [-0.25, -0.2) is 17.2 Å². The lowest BCUT2D eigenvalue weighted by molar-refractivity contribution is -0.137. The van der Waals surface area contributed by atoms with Crippen LogP contribution in [0, 0.1) is 0 Å². The second kappa shape index (κ2) is 14.0. The van der Waals surface area contributed by atoms with Crippen LogP contribution in [0.25, 0.3) is 0 Å². The Morgan fingerprint density at radius 3 is 2.20 bits per heavy atom. The zero-order valence-corrected chi connectivity index (χ0v) is 24.6. The van der Waals surface area contributed by atoms with Crippen molar-refractivity contribution in [1.82, 2.24) is 5.32 Å². The molecule has 1 aliphatic heterocycles. The van der Waals surface area contributed by atoms with Gasteiger partial charge in [-0.2, -0.15) is 13.2 Å². The fraction of sp³-hybridized carbons (Fsp3) is 0.387. The SMILES string of the molecule is CCS(=O)(=O)c1ccc([C@H](CO)NC(=O)c2ccc(N3CC(c4ccc(C(F)(F)F)cc4)C[C@H]3COCC(F)F)cc2)cc1. The number of sulfone groups is 1. The third-order valence-electron chi connectivity index (χ3n) is 7.65. The van der Waals surface area contributed by atoms with Crippen LogP contribution in [-0.4, -0.2) is 64.0 Å². The van der Waals surface area contributed by atoms with Crippen LogP contribution in [0.15, 0.2) is 77.7 Å². The van der Waals surface area contributed by atoms with Crippen molar-refractivity contribution in [3.8, 4) is 0 Å². The van der Waals surface area contributed by atoms with E-state index in [0.29, 0.717) is 29.8 Å². The van der Waals surface area contributed by atoms with Crippen LogP contribution in [0.2, 0.25) is 0 Å². The predicted molar refractivity (Wildman–Crippen MR) is 155 cm³/mol. The Balaban J connectivity index is 1.47. The molecule has 238 valence electrons. The van der Waals surface area contributed by atoms with Gasteiger partial charge < -0.3 is 20.1 Å². The van der Waals surface area contributed by atoms with E-state index in [0.717, 1.165) is 12.1 Å². The normalized spacial score (nSPS) is 18.0. The lowest BCUT2D eigenvalue weighted by Gasteiger charge is -2.27. The number of ether oxygens (including phenoxy) is 1. The molecule has 2 N–H and O–H groups in total. The van der Waals surface area contributed by atoms with E-state index in [1.165, 1.54) is 43.3 Å². The number of anilines is 1. The monoisotopic (exact) mass is 640 g/mol. The van der Waals surface area contributed by atoms with E-state index in [1.54, 1.807) is 24.3 Å². The fourth-order valence-corrected chi connectivity index (χ4v) is 6.11. The van der Waals surface area contributed by atoms with E-state index in [1.807, 2.05) is 4.90 Å². The van der Waals surface area contributed by atoms with Gasteiger partial charge in [0.05, 0.1) is 41.5 Å². The lowest BCUT2D eigenvalue weighted by atomic mass is 9.95. The molecule has 3 atom stereocenters. The van der Waals surface area contributed by atoms with E-state index >= 15 is 0 Å². The molecule has 1 aliphatic rings. The number of hydrogen-bond donors (Lipinski definition) is 2. The number of benzene rings is 3. The highest BCUT2D eigenvalue weighted by Gasteiger charge is 2.35. The number of nitrogens with zero attached hydrogens (tertiary/aromatic N) is 1. The summed E-state index contributed by atoms with van der Waals surface area (Å²) in [6.07, 6.45) is -6.63. The molecule has 0 aliphatic carbocycles. The van der Waals surface area contributed by atoms with Gasteiger partial charge in [0, 0.05) is 23.7 Å². The largest absolute Gasteiger partial charge is 0.416 e. The number of rotatable bonds is 12. The maximum absolute atomic E-state index is 13.0. The number of alkyl halides is 5. The molecule has 1 fully saturated rings. The summed E-state index contributed by atoms with van der Waals surface area (Å²) < 4.78 is 93.9. The topological polar surface area (TPSA) is 95.9 Å². The van der Waals surface area contributed by atoms with E-state index in [-0.39, 0.29) is 34.8 Å². The Morgan fingerprint density at radius 1 is 1.02 bits per heavy atom. The van der Waals surface area contributed by atoms with Gasteiger partial charge >= 0.3 is 6.18 Å². The van der Waals surface area contributed by atoms with Crippen molar-refractivity contribution in [1.29, 1.82) is 0 Å². The first kappa shape index (κ1) is 33.3. The van der Waals surface area contributed by atoms with Gasteiger partial charge in [0.1, 0.15) is 6.61 Å². The third-order valence-corrected chi connectivity index (χ3v) is 9.40. The highest BCUT2D eigenvalue weighted by atomic mass is 32.2. The predicted octanol–water partition coefficient (Wildman–Crippen LogP) is 5.61. The molecule has 1 unspecified atom stereocenters. The summed E-state index contributed by atoms with van der Waals surface area (Å²) in [5, 5.41) is 12.6. The molecule has 44 heavy (non-hydrogen) atoms. The molecule has 1 heterocycles. The molecule has 0 radical (unpaired) electrons. The molecular formula is C31H33F5N2O5S. The van der Waals surface area contributed by atoms with Crippen LogP contribution in [0.3, 0.4) is 0 Å². The molecule has 3 aromatic rings. The van der Waals surface area contributed by atoms with E-state index in [9.17, 15) is 40.3 Å². The summed E-state index contributed by atoms with van der Waals surface area (Å²) in [4.78, 5) is 15.1. The van der Waals surface area contributed by atoms with Crippen molar-refractivity contribution in [2.75, 3.05) is 37.0 Å². The summed E-state index contributed by atoms with van der Waals surface area (Å²) in [5.74, 6) is -0.717. The molecule has 0 saturated carbocycles. The number of nitrogens with one attached hydrogen (secondary N) is 1. The van der Waals surface area contributed by atoms with E-state index < -0.39 is 53.2 Å². The maximum Gasteiger partial charge on any atom is 0.416 e. The average molecular weight is 641 g/mol. The number of hydrogen-bond acceptors (Lipinski definition) is 6. The first-order chi connectivity index (χ1) is 20.8. The quantitative estimate of drug-likeness (QED) is 0.250. The molecule has 0 spiro atoms. The summed E-state index contributed by atoms with van der Waals surface area (Å²) in [6.45, 7) is 0.755. The number of aliphatic hydroxyl groups excluding tert-OH is 1. The summed E-state index contributed by atoms with van der Waals surface area (Å²) >= 11 is 0. The first-order valence-corrected chi connectivity index (χ1v) is 15.6. The van der Waals surface area contributed by atoms with Crippen LogP contribution in [0.1, 0.15) is 52.4 Å². The van der Waals surface area contributed by atoms with Gasteiger partial charge in [0.15, 0.2) is 9.84 Å². The number of carbonyl (C=O) groups is 1.